The molecule has 3 heteroatoms. The van der Waals surface area contributed by atoms with Crippen LogP contribution in [0, 0.1) is 5.92 Å². The zero-order chi connectivity index (χ0) is 10.4. The number of aromatic hydroxyl groups is 1. The first-order valence-electron chi connectivity index (χ1n) is 4.82. The molecule has 0 heterocycles. The van der Waals surface area contributed by atoms with Crippen LogP contribution in [-0.4, -0.2) is 23.4 Å². The predicted molar refractivity (Wildman–Crippen MR) is 56.1 cm³/mol. The first kappa shape index (κ1) is 11.0. The highest BCUT2D eigenvalue weighted by Gasteiger charge is 1.99. The van der Waals surface area contributed by atoms with Gasteiger partial charge in [-0.25, -0.2) is 0 Å². The maximum absolute atomic E-state index is 9.20. The van der Waals surface area contributed by atoms with E-state index in [-0.39, 0.29) is 12.5 Å². The highest BCUT2D eigenvalue weighted by atomic mass is 16.3. The summed E-state index contributed by atoms with van der Waals surface area (Å²) in [5, 5.41) is 21.2. The van der Waals surface area contributed by atoms with Gasteiger partial charge in [0.1, 0.15) is 5.75 Å². The Bertz CT molecular complexity index is 276. The van der Waals surface area contributed by atoms with E-state index >= 15 is 0 Å². The second-order valence-corrected chi connectivity index (χ2v) is 3.59. The summed E-state index contributed by atoms with van der Waals surface area (Å²) < 4.78 is 0. The van der Waals surface area contributed by atoms with Crippen LogP contribution < -0.4 is 5.32 Å². The fourth-order valence-corrected chi connectivity index (χ4v) is 1.19. The van der Waals surface area contributed by atoms with E-state index in [0.29, 0.717) is 5.75 Å². The van der Waals surface area contributed by atoms with Gasteiger partial charge in [-0.05, 0) is 23.6 Å². The van der Waals surface area contributed by atoms with E-state index in [0.717, 1.165) is 18.7 Å². The fourth-order valence-electron chi connectivity index (χ4n) is 1.19. The third-order valence-electron chi connectivity index (χ3n) is 2.04. The Balaban J connectivity index is 2.31. The van der Waals surface area contributed by atoms with Gasteiger partial charge in [-0.15, -0.1) is 0 Å². The maximum Gasteiger partial charge on any atom is 0.115 e. The molecule has 0 spiro atoms. The quantitative estimate of drug-likeness (QED) is 0.659. The van der Waals surface area contributed by atoms with Crippen molar-refractivity contribution in [1.82, 2.24) is 5.32 Å². The number of phenols is 1. The SMILES string of the molecule is CC(CO)CNCc1cccc(O)c1. The molecule has 0 saturated carbocycles. The lowest BCUT2D eigenvalue weighted by atomic mass is 10.2. The Morgan fingerprint density at radius 1 is 1.43 bits per heavy atom. The van der Waals surface area contributed by atoms with Crippen LogP contribution in [0.5, 0.6) is 5.75 Å². The third-order valence-corrected chi connectivity index (χ3v) is 2.04. The number of aliphatic hydroxyl groups excluding tert-OH is 1. The second kappa shape index (κ2) is 5.62. The van der Waals surface area contributed by atoms with Crippen molar-refractivity contribution < 1.29 is 10.2 Å². The fraction of sp³-hybridized carbons (Fsp3) is 0.455. The molecule has 0 aliphatic carbocycles. The first-order valence-corrected chi connectivity index (χ1v) is 4.82. The topological polar surface area (TPSA) is 52.5 Å². The molecule has 0 radical (unpaired) electrons. The second-order valence-electron chi connectivity index (χ2n) is 3.59. The molecule has 0 aliphatic heterocycles. The summed E-state index contributed by atoms with van der Waals surface area (Å²) in [5.74, 6) is 0.562. The molecule has 0 bridgehead atoms. The molecule has 0 amide bonds. The van der Waals surface area contributed by atoms with Gasteiger partial charge in [-0.2, -0.15) is 0 Å². The van der Waals surface area contributed by atoms with Crippen LogP contribution in [-0.2, 0) is 6.54 Å². The number of hydrogen-bond acceptors (Lipinski definition) is 3. The molecule has 0 fully saturated rings. The van der Waals surface area contributed by atoms with Gasteiger partial charge in [-0.3, -0.25) is 0 Å². The van der Waals surface area contributed by atoms with Crippen molar-refractivity contribution in [2.24, 2.45) is 5.92 Å². The molecule has 3 N–H and O–H groups in total. The van der Waals surface area contributed by atoms with Gasteiger partial charge in [0.05, 0.1) is 0 Å². The molecule has 1 aromatic rings. The van der Waals surface area contributed by atoms with Gasteiger partial charge in [0, 0.05) is 19.7 Å². The molecule has 78 valence electrons. The first-order chi connectivity index (χ1) is 6.72. The zero-order valence-electron chi connectivity index (χ0n) is 8.40. The maximum atomic E-state index is 9.20. The van der Waals surface area contributed by atoms with Gasteiger partial charge in [-0.1, -0.05) is 19.1 Å². The minimum atomic E-state index is 0.201. The van der Waals surface area contributed by atoms with E-state index in [9.17, 15) is 5.11 Å². The number of benzene rings is 1. The highest BCUT2D eigenvalue weighted by molar-refractivity contribution is 5.26. The Hall–Kier alpha value is -1.06. The lowest BCUT2D eigenvalue weighted by molar-refractivity contribution is 0.233. The summed E-state index contributed by atoms with van der Waals surface area (Å²) in [5.41, 5.74) is 1.05. The van der Waals surface area contributed by atoms with Crippen LogP contribution >= 0.6 is 0 Å². The molecule has 3 nitrogen and oxygen atoms in total. The monoisotopic (exact) mass is 195 g/mol. The number of rotatable bonds is 5. The minimum absolute atomic E-state index is 0.201. The molecule has 0 saturated heterocycles. The van der Waals surface area contributed by atoms with Crippen molar-refractivity contribution >= 4 is 0 Å². The summed E-state index contributed by atoms with van der Waals surface area (Å²) in [6, 6.07) is 7.16. The van der Waals surface area contributed by atoms with E-state index < -0.39 is 0 Å². The van der Waals surface area contributed by atoms with Crippen molar-refractivity contribution in [3.05, 3.63) is 29.8 Å². The Kier molecular flexibility index (Phi) is 4.43. The summed E-state index contributed by atoms with van der Waals surface area (Å²) in [7, 11) is 0. The van der Waals surface area contributed by atoms with Crippen molar-refractivity contribution in [2.75, 3.05) is 13.2 Å². The molecular formula is C11H17NO2. The average molecular weight is 195 g/mol. The Morgan fingerprint density at radius 2 is 2.21 bits per heavy atom. The van der Waals surface area contributed by atoms with E-state index in [1.807, 2.05) is 19.1 Å². The number of aliphatic hydroxyl groups is 1. The standard InChI is InChI=1S/C11H17NO2/c1-9(8-13)6-12-7-10-3-2-4-11(14)5-10/h2-5,9,12-14H,6-8H2,1H3. The molecule has 1 aromatic carbocycles. The predicted octanol–water partition coefficient (Wildman–Crippen LogP) is 1.11. The third kappa shape index (κ3) is 3.77. The summed E-state index contributed by atoms with van der Waals surface area (Å²) in [6.07, 6.45) is 0. The van der Waals surface area contributed by atoms with Crippen LogP contribution in [0.3, 0.4) is 0 Å². The largest absolute Gasteiger partial charge is 0.508 e. The number of phenolic OH excluding ortho intramolecular Hbond substituents is 1. The van der Waals surface area contributed by atoms with Crippen LogP contribution in [0.1, 0.15) is 12.5 Å². The minimum Gasteiger partial charge on any atom is -0.508 e. The molecule has 1 atom stereocenters. The van der Waals surface area contributed by atoms with Crippen LogP contribution in [0.2, 0.25) is 0 Å². The van der Waals surface area contributed by atoms with Crippen LogP contribution in [0.25, 0.3) is 0 Å². The number of hydrogen-bond donors (Lipinski definition) is 3. The van der Waals surface area contributed by atoms with Gasteiger partial charge in [0.2, 0.25) is 0 Å². The molecule has 1 rings (SSSR count). The molecule has 14 heavy (non-hydrogen) atoms. The van der Waals surface area contributed by atoms with Crippen molar-refractivity contribution in [3.8, 4) is 5.75 Å². The molecular weight excluding hydrogens is 178 g/mol. The van der Waals surface area contributed by atoms with Crippen LogP contribution in [0.15, 0.2) is 24.3 Å². The average Bonchev–Trinajstić information content (AvgIpc) is 2.17. The lowest BCUT2D eigenvalue weighted by Gasteiger charge is -2.09. The van der Waals surface area contributed by atoms with Gasteiger partial charge in [0.15, 0.2) is 0 Å². The van der Waals surface area contributed by atoms with Gasteiger partial charge >= 0.3 is 0 Å². The normalized spacial score (nSPS) is 12.7. The number of nitrogens with one attached hydrogen (secondary N) is 1. The summed E-state index contributed by atoms with van der Waals surface area (Å²) in [6.45, 7) is 3.69. The van der Waals surface area contributed by atoms with E-state index in [1.54, 1.807) is 12.1 Å². The summed E-state index contributed by atoms with van der Waals surface area (Å²) >= 11 is 0. The van der Waals surface area contributed by atoms with Crippen molar-refractivity contribution in [2.45, 2.75) is 13.5 Å². The van der Waals surface area contributed by atoms with Crippen LogP contribution in [0.4, 0.5) is 0 Å². The van der Waals surface area contributed by atoms with E-state index in [1.165, 1.54) is 0 Å². The zero-order valence-corrected chi connectivity index (χ0v) is 8.40. The lowest BCUT2D eigenvalue weighted by Crippen LogP contribution is -2.22. The van der Waals surface area contributed by atoms with Gasteiger partial charge in [0.25, 0.3) is 0 Å². The van der Waals surface area contributed by atoms with E-state index in [4.69, 9.17) is 5.11 Å². The smallest absolute Gasteiger partial charge is 0.115 e. The van der Waals surface area contributed by atoms with Gasteiger partial charge < -0.3 is 15.5 Å². The molecule has 0 aromatic heterocycles. The highest BCUT2D eigenvalue weighted by Crippen LogP contribution is 2.10. The summed E-state index contributed by atoms with van der Waals surface area (Å²) in [4.78, 5) is 0. The Morgan fingerprint density at radius 3 is 2.86 bits per heavy atom. The van der Waals surface area contributed by atoms with Crippen molar-refractivity contribution in [1.29, 1.82) is 0 Å². The van der Waals surface area contributed by atoms with E-state index in [2.05, 4.69) is 5.32 Å². The molecule has 0 aliphatic rings. The van der Waals surface area contributed by atoms with Crippen molar-refractivity contribution in [3.63, 3.8) is 0 Å². The molecule has 1 unspecified atom stereocenters. The Labute approximate surface area is 84.4 Å².